The van der Waals surface area contributed by atoms with Gasteiger partial charge in [-0.1, -0.05) is 6.92 Å². The van der Waals surface area contributed by atoms with Gasteiger partial charge in [0, 0.05) is 37.4 Å². The van der Waals surface area contributed by atoms with E-state index in [1.54, 1.807) is 13.0 Å². The van der Waals surface area contributed by atoms with E-state index in [-0.39, 0.29) is 5.82 Å². The Labute approximate surface area is 108 Å². The maximum absolute atomic E-state index is 13.3. The van der Waals surface area contributed by atoms with Gasteiger partial charge in [0.15, 0.2) is 0 Å². The third kappa shape index (κ3) is 2.82. The molecule has 1 saturated heterocycles. The van der Waals surface area contributed by atoms with Crippen LogP contribution >= 0.6 is 0 Å². The van der Waals surface area contributed by atoms with Crippen LogP contribution in [-0.2, 0) is 0 Å². The van der Waals surface area contributed by atoms with Crippen molar-refractivity contribution >= 4 is 5.69 Å². The molecular formula is C14H21FN2O. The van der Waals surface area contributed by atoms with Gasteiger partial charge in [0.05, 0.1) is 6.10 Å². The van der Waals surface area contributed by atoms with Crippen LogP contribution in [0.1, 0.15) is 25.5 Å². The number of aliphatic hydroxyl groups is 1. The van der Waals surface area contributed by atoms with Gasteiger partial charge in [0.2, 0.25) is 0 Å². The number of halogens is 1. The molecule has 1 atom stereocenters. The molecule has 0 aromatic heterocycles. The van der Waals surface area contributed by atoms with E-state index in [1.807, 2.05) is 0 Å². The first kappa shape index (κ1) is 13.3. The number of aliphatic hydroxyl groups excluding tert-OH is 1. The molecule has 0 unspecified atom stereocenters. The lowest BCUT2D eigenvalue weighted by Gasteiger charge is -2.36. The van der Waals surface area contributed by atoms with E-state index in [1.165, 1.54) is 12.1 Å². The molecule has 1 fully saturated rings. The van der Waals surface area contributed by atoms with Crippen LogP contribution in [0.4, 0.5) is 10.1 Å². The molecule has 1 aliphatic heterocycles. The van der Waals surface area contributed by atoms with E-state index in [0.29, 0.717) is 5.56 Å². The van der Waals surface area contributed by atoms with Crippen molar-refractivity contribution in [2.75, 3.05) is 37.6 Å². The number of hydrogen-bond acceptors (Lipinski definition) is 3. The number of anilines is 1. The minimum Gasteiger partial charge on any atom is -0.389 e. The van der Waals surface area contributed by atoms with E-state index in [4.69, 9.17) is 0 Å². The van der Waals surface area contributed by atoms with Crippen molar-refractivity contribution in [1.82, 2.24) is 4.90 Å². The largest absolute Gasteiger partial charge is 0.389 e. The predicted molar refractivity (Wildman–Crippen MR) is 71.4 cm³/mol. The van der Waals surface area contributed by atoms with E-state index < -0.39 is 6.10 Å². The molecule has 0 radical (unpaired) electrons. The van der Waals surface area contributed by atoms with Crippen LogP contribution in [0.2, 0.25) is 0 Å². The maximum atomic E-state index is 13.3. The summed E-state index contributed by atoms with van der Waals surface area (Å²) in [5.74, 6) is -0.290. The van der Waals surface area contributed by atoms with Gasteiger partial charge >= 0.3 is 0 Å². The highest BCUT2D eigenvalue weighted by molar-refractivity contribution is 5.55. The fraction of sp³-hybridized carbons (Fsp3) is 0.571. The highest BCUT2D eigenvalue weighted by Gasteiger charge is 2.19. The summed E-state index contributed by atoms with van der Waals surface area (Å²) >= 11 is 0. The molecule has 100 valence electrons. The Morgan fingerprint density at radius 1 is 1.28 bits per heavy atom. The second kappa shape index (κ2) is 5.67. The SMILES string of the molecule is CCN1CCN(c2ccc(F)cc2[C@H](C)O)CC1. The monoisotopic (exact) mass is 252 g/mol. The summed E-state index contributed by atoms with van der Waals surface area (Å²) in [6.45, 7) is 8.81. The molecule has 1 N–H and O–H groups in total. The van der Waals surface area contributed by atoms with Crippen LogP contribution in [0.5, 0.6) is 0 Å². The lowest BCUT2D eigenvalue weighted by atomic mass is 10.1. The molecule has 0 spiro atoms. The average Bonchev–Trinajstić information content (AvgIpc) is 2.39. The van der Waals surface area contributed by atoms with E-state index in [0.717, 1.165) is 38.4 Å². The first-order valence-corrected chi connectivity index (χ1v) is 6.56. The molecule has 0 bridgehead atoms. The van der Waals surface area contributed by atoms with Gasteiger partial charge in [-0.2, -0.15) is 0 Å². The summed E-state index contributed by atoms with van der Waals surface area (Å²) < 4.78 is 13.3. The standard InChI is InChI=1S/C14H21FN2O/c1-3-16-6-8-17(9-7-16)14-5-4-12(15)10-13(14)11(2)18/h4-5,10-11,18H,3,6-9H2,1-2H3/t11-/m0/s1. The van der Waals surface area contributed by atoms with Crippen molar-refractivity contribution in [2.45, 2.75) is 20.0 Å². The molecule has 1 aromatic carbocycles. The van der Waals surface area contributed by atoms with E-state index >= 15 is 0 Å². The normalized spacial score (nSPS) is 19.0. The summed E-state index contributed by atoms with van der Waals surface area (Å²) in [5, 5.41) is 9.75. The fourth-order valence-corrected chi connectivity index (χ4v) is 2.45. The minimum absolute atomic E-state index is 0.290. The predicted octanol–water partition coefficient (Wildman–Crippen LogP) is 2.02. The van der Waals surface area contributed by atoms with Gasteiger partial charge in [-0.3, -0.25) is 0 Å². The zero-order valence-corrected chi connectivity index (χ0v) is 11.1. The van der Waals surface area contributed by atoms with Crippen molar-refractivity contribution in [2.24, 2.45) is 0 Å². The zero-order valence-electron chi connectivity index (χ0n) is 11.1. The number of hydrogen-bond donors (Lipinski definition) is 1. The summed E-state index contributed by atoms with van der Waals surface area (Å²) in [5.41, 5.74) is 1.64. The second-order valence-corrected chi connectivity index (χ2v) is 4.80. The van der Waals surface area contributed by atoms with Crippen LogP contribution in [-0.4, -0.2) is 42.7 Å². The molecule has 1 aliphatic rings. The number of piperazine rings is 1. The van der Waals surface area contributed by atoms with Crippen LogP contribution < -0.4 is 4.90 Å². The van der Waals surface area contributed by atoms with E-state index in [2.05, 4.69) is 16.7 Å². The third-order valence-corrected chi connectivity index (χ3v) is 3.60. The van der Waals surface area contributed by atoms with Crippen LogP contribution in [0.25, 0.3) is 0 Å². The van der Waals surface area contributed by atoms with Gasteiger partial charge in [-0.05, 0) is 31.7 Å². The molecule has 3 nitrogen and oxygen atoms in total. The summed E-state index contributed by atoms with van der Waals surface area (Å²) in [6, 6.07) is 4.68. The van der Waals surface area contributed by atoms with Gasteiger partial charge in [0.1, 0.15) is 5.82 Å². The number of benzene rings is 1. The Hall–Kier alpha value is -1.13. The van der Waals surface area contributed by atoms with Crippen LogP contribution in [0.15, 0.2) is 18.2 Å². The lowest BCUT2D eigenvalue weighted by Crippen LogP contribution is -2.46. The third-order valence-electron chi connectivity index (χ3n) is 3.60. The Morgan fingerprint density at radius 3 is 2.50 bits per heavy atom. The van der Waals surface area contributed by atoms with Crippen molar-refractivity contribution in [3.8, 4) is 0 Å². The first-order chi connectivity index (χ1) is 8.61. The summed E-state index contributed by atoms with van der Waals surface area (Å²) in [7, 11) is 0. The highest BCUT2D eigenvalue weighted by atomic mass is 19.1. The van der Waals surface area contributed by atoms with Crippen molar-refractivity contribution in [3.05, 3.63) is 29.6 Å². The van der Waals surface area contributed by atoms with Crippen LogP contribution in [0.3, 0.4) is 0 Å². The molecular weight excluding hydrogens is 231 g/mol. The number of nitrogens with zero attached hydrogens (tertiary/aromatic N) is 2. The molecule has 18 heavy (non-hydrogen) atoms. The Morgan fingerprint density at radius 2 is 1.94 bits per heavy atom. The average molecular weight is 252 g/mol. The van der Waals surface area contributed by atoms with Gasteiger partial charge in [0.25, 0.3) is 0 Å². The number of rotatable bonds is 3. The van der Waals surface area contributed by atoms with Gasteiger partial charge in [-0.25, -0.2) is 4.39 Å². The molecule has 0 amide bonds. The van der Waals surface area contributed by atoms with Crippen molar-refractivity contribution in [3.63, 3.8) is 0 Å². The Kier molecular flexibility index (Phi) is 4.19. The molecule has 4 heteroatoms. The lowest BCUT2D eigenvalue weighted by molar-refractivity contribution is 0.198. The molecule has 2 rings (SSSR count). The molecule has 0 saturated carbocycles. The van der Waals surface area contributed by atoms with Gasteiger partial charge < -0.3 is 14.9 Å². The molecule has 0 aliphatic carbocycles. The molecule has 1 aromatic rings. The summed E-state index contributed by atoms with van der Waals surface area (Å²) in [6.07, 6.45) is -0.639. The maximum Gasteiger partial charge on any atom is 0.123 e. The van der Waals surface area contributed by atoms with Crippen molar-refractivity contribution < 1.29 is 9.50 Å². The Bertz CT molecular complexity index is 401. The number of likely N-dealkylation sites (N-methyl/N-ethyl adjacent to an activating group) is 1. The smallest absolute Gasteiger partial charge is 0.123 e. The van der Waals surface area contributed by atoms with Crippen LogP contribution in [0, 0.1) is 5.82 Å². The minimum atomic E-state index is -0.639. The quantitative estimate of drug-likeness (QED) is 0.891. The second-order valence-electron chi connectivity index (χ2n) is 4.80. The summed E-state index contributed by atoms with van der Waals surface area (Å²) in [4.78, 5) is 4.62. The van der Waals surface area contributed by atoms with Gasteiger partial charge in [-0.15, -0.1) is 0 Å². The Balaban J connectivity index is 2.18. The fourth-order valence-electron chi connectivity index (χ4n) is 2.45. The zero-order chi connectivity index (χ0) is 13.1. The molecule has 1 heterocycles. The first-order valence-electron chi connectivity index (χ1n) is 6.56. The highest BCUT2D eigenvalue weighted by Crippen LogP contribution is 2.28. The van der Waals surface area contributed by atoms with Crippen molar-refractivity contribution in [1.29, 1.82) is 0 Å². The topological polar surface area (TPSA) is 26.7 Å². The van der Waals surface area contributed by atoms with E-state index in [9.17, 15) is 9.50 Å².